The summed E-state index contributed by atoms with van der Waals surface area (Å²) in [5, 5.41) is 8.92. The van der Waals surface area contributed by atoms with Crippen molar-refractivity contribution in [1.82, 2.24) is 15.5 Å². The molecule has 2 atom stereocenters. The molecule has 2 rings (SSSR count). The third-order valence-corrected chi connectivity index (χ3v) is 5.72. The van der Waals surface area contributed by atoms with Gasteiger partial charge in [-0.1, -0.05) is 13.0 Å². The first-order chi connectivity index (χ1) is 12.6. The van der Waals surface area contributed by atoms with Gasteiger partial charge in [0.2, 0.25) is 5.91 Å². The van der Waals surface area contributed by atoms with Gasteiger partial charge in [-0.05, 0) is 56.1 Å². The smallest absolute Gasteiger partial charge is 0.221 e. The lowest BCUT2D eigenvalue weighted by Crippen LogP contribution is -2.43. The topological polar surface area (TPSA) is 82.8 Å². The van der Waals surface area contributed by atoms with Crippen molar-refractivity contribution in [3.63, 3.8) is 0 Å². The molecule has 1 aliphatic heterocycles. The Bertz CT molecular complexity index is 566. The van der Waals surface area contributed by atoms with Crippen LogP contribution < -0.4 is 16.4 Å². The van der Waals surface area contributed by atoms with E-state index >= 15 is 0 Å². The highest BCUT2D eigenvalue weighted by Gasteiger charge is 2.23. The Morgan fingerprint density at radius 2 is 2.30 bits per heavy atom. The molecule has 2 unspecified atom stereocenters. The molecular weight excluding hydrogens is 473 g/mol. The number of nitrogens with zero attached hydrogens (tertiary/aromatic N) is 2. The van der Waals surface area contributed by atoms with Crippen LogP contribution in [0.1, 0.15) is 31.1 Å². The molecule has 0 spiro atoms. The summed E-state index contributed by atoms with van der Waals surface area (Å²) < 4.78 is 0. The van der Waals surface area contributed by atoms with Crippen LogP contribution in [0.5, 0.6) is 0 Å². The number of guanidine groups is 1. The van der Waals surface area contributed by atoms with E-state index in [0.717, 1.165) is 64.4 Å². The molecule has 6 nitrogen and oxygen atoms in total. The molecule has 1 aliphatic rings. The highest BCUT2D eigenvalue weighted by Crippen LogP contribution is 2.16. The fourth-order valence-electron chi connectivity index (χ4n) is 3.34. The lowest BCUT2D eigenvalue weighted by Gasteiger charge is -2.31. The standard InChI is InChI=1S/C19H33N5OS.HI/c1-15(12-17-7-4-11-26-17)13-23-19(21-2)22-8-5-10-24-9-3-6-16(14-24)18(20)25;/h4,7,11,15-16H,3,5-6,8-10,12-14H2,1-2H3,(H2,20,25)(H2,21,22,23);1H. The van der Waals surface area contributed by atoms with Gasteiger partial charge in [0, 0.05) is 31.6 Å². The number of halogens is 1. The predicted octanol–water partition coefficient (Wildman–Crippen LogP) is 2.30. The first-order valence-corrected chi connectivity index (χ1v) is 10.4. The van der Waals surface area contributed by atoms with Crippen LogP contribution in [-0.4, -0.2) is 56.5 Å². The van der Waals surface area contributed by atoms with E-state index in [1.807, 2.05) is 11.3 Å². The summed E-state index contributed by atoms with van der Waals surface area (Å²) in [4.78, 5) is 19.4. The first kappa shape index (κ1) is 24.2. The predicted molar refractivity (Wildman–Crippen MR) is 125 cm³/mol. The summed E-state index contributed by atoms with van der Waals surface area (Å²) in [7, 11) is 1.81. The second kappa shape index (κ2) is 13.3. The molecular formula is C19H34IN5OS. The van der Waals surface area contributed by atoms with E-state index in [4.69, 9.17) is 5.73 Å². The van der Waals surface area contributed by atoms with E-state index in [-0.39, 0.29) is 35.8 Å². The van der Waals surface area contributed by atoms with Gasteiger partial charge in [0.1, 0.15) is 0 Å². The highest BCUT2D eigenvalue weighted by atomic mass is 127. The van der Waals surface area contributed by atoms with Crippen LogP contribution in [0.2, 0.25) is 0 Å². The van der Waals surface area contributed by atoms with Crippen LogP contribution in [0.15, 0.2) is 22.5 Å². The van der Waals surface area contributed by atoms with E-state index in [1.165, 1.54) is 4.88 Å². The molecule has 27 heavy (non-hydrogen) atoms. The molecule has 4 N–H and O–H groups in total. The number of nitrogens with two attached hydrogens (primary N) is 1. The van der Waals surface area contributed by atoms with Crippen molar-refractivity contribution in [1.29, 1.82) is 0 Å². The quantitative estimate of drug-likeness (QED) is 0.207. The number of hydrogen-bond acceptors (Lipinski definition) is 4. The van der Waals surface area contributed by atoms with E-state index in [1.54, 1.807) is 7.05 Å². The molecule has 1 aromatic rings. The summed E-state index contributed by atoms with van der Waals surface area (Å²) >= 11 is 1.82. The van der Waals surface area contributed by atoms with Crippen LogP contribution in [0.4, 0.5) is 0 Å². The maximum Gasteiger partial charge on any atom is 0.221 e. The van der Waals surface area contributed by atoms with Crippen molar-refractivity contribution < 1.29 is 4.79 Å². The SMILES string of the molecule is CN=C(NCCCN1CCCC(C(N)=O)C1)NCC(C)Cc1cccs1.I. The zero-order valence-electron chi connectivity index (χ0n) is 16.4. The lowest BCUT2D eigenvalue weighted by molar-refractivity contribution is -0.123. The third kappa shape index (κ3) is 9.25. The number of carbonyl (C=O) groups is 1. The molecule has 1 fully saturated rings. The van der Waals surface area contributed by atoms with Crippen LogP contribution in [0.25, 0.3) is 0 Å². The van der Waals surface area contributed by atoms with E-state index in [2.05, 4.69) is 45.0 Å². The molecule has 8 heteroatoms. The largest absolute Gasteiger partial charge is 0.369 e. The number of thiophene rings is 1. The molecule has 1 aromatic heterocycles. The van der Waals surface area contributed by atoms with Gasteiger partial charge in [-0.25, -0.2) is 0 Å². The highest BCUT2D eigenvalue weighted by molar-refractivity contribution is 14.0. The van der Waals surface area contributed by atoms with Gasteiger partial charge in [0.25, 0.3) is 0 Å². The van der Waals surface area contributed by atoms with Crippen molar-refractivity contribution in [2.75, 3.05) is 39.8 Å². The zero-order chi connectivity index (χ0) is 18.8. The van der Waals surface area contributed by atoms with Crippen molar-refractivity contribution >= 4 is 47.2 Å². The monoisotopic (exact) mass is 507 g/mol. The lowest BCUT2D eigenvalue weighted by atomic mass is 9.97. The van der Waals surface area contributed by atoms with E-state index < -0.39 is 0 Å². The number of amides is 1. The summed E-state index contributed by atoms with van der Waals surface area (Å²) in [6, 6.07) is 4.30. The Morgan fingerprint density at radius 3 is 2.96 bits per heavy atom. The number of rotatable bonds is 9. The average Bonchev–Trinajstić information content (AvgIpc) is 3.14. The van der Waals surface area contributed by atoms with Gasteiger partial charge >= 0.3 is 0 Å². The third-order valence-electron chi connectivity index (χ3n) is 4.82. The Balaban J connectivity index is 0.00000364. The van der Waals surface area contributed by atoms with Gasteiger partial charge in [-0.3, -0.25) is 9.79 Å². The summed E-state index contributed by atoms with van der Waals surface area (Å²) in [5.74, 6) is 1.29. The maximum atomic E-state index is 11.3. The molecule has 0 radical (unpaired) electrons. The molecule has 154 valence electrons. The van der Waals surface area contributed by atoms with Gasteiger partial charge in [-0.2, -0.15) is 0 Å². The van der Waals surface area contributed by atoms with Gasteiger partial charge in [-0.15, -0.1) is 35.3 Å². The van der Waals surface area contributed by atoms with Crippen molar-refractivity contribution in [2.24, 2.45) is 22.6 Å². The molecule has 0 saturated carbocycles. The van der Waals surface area contributed by atoms with Gasteiger partial charge in [0.05, 0.1) is 5.92 Å². The van der Waals surface area contributed by atoms with E-state index in [9.17, 15) is 4.79 Å². The van der Waals surface area contributed by atoms with Crippen molar-refractivity contribution in [3.05, 3.63) is 22.4 Å². The Hall–Kier alpha value is -0.870. The number of aliphatic imine (C=N–C) groups is 1. The number of primary amides is 1. The maximum absolute atomic E-state index is 11.3. The van der Waals surface area contributed by atoms with Crippen LogP contribution in [0, 0.1) is 11.8 Å². The number of nitrogens with one attached hydrogen (secondary N) is 2. The minimum atomic E-state index is -0.158. The van der Waals surface area contributed by atoms with Crippen molar-refractivity contribution in [2.45, 2.75) is 32.6 Å². The molecule has 2 heterocycles. The fourth-order valence-corrected chi connectivity index (χ4v) is 4.21. The number of carbonyl (C=O) groups excluding carboxylic acids is 1. The van der Waals surface area contributed by atoms with E-state index in [0.29, 0.717) is 5.92 Å². The second-order valence-electron chi connectivity index (χ2n) is 7.16. The molecule has 1 saturated heterocycles. The Labute approximate surface area is 184 Å². The van der Waals surface area contributed by atoms with Gasteiger partial charge in [0.15, 0.2) is 5.96 Å². The summed E-state index contributed by atoms with van der Waals surface area (Å²) in [6.07, 6.45) is 4.12. The second-order valence-corrected chi connectivity index (χ2v) is 8.20. The Kier molecular flexibility index (Phi) is 11.9. The molecule has 0 bridgehead atoms. The molecule has 1 amide bonds. The minimum Gasteiger partial charge on any atom is -0.369 e. The summed E-state index contributed by atoms with van der Waals surface area (Å²) in [5.41, 5.74) is 5.44. The zero-order valence-corrected chi connectivity index (χ0v) is 19.6. The Morgan fingerprint density at radius 1 is 1.48 bits per heavy atom. The first-order valence-electron chi connectivity index (χ1n) is 9.57. The summed E-state index contributed by atoms with van der Waals surface area (Å²) in [6.45, 7) is 6.90. The van der Waals surface area contributed by atoms with Crippen LogP contribution >= 0.6 is 35.3 Å². The van der Waals surface area contributed by atoms with Crippen molar-refractivity contribution in [3.8, 4) is 0 Å². The fraction of sp³-hybridized carbons (Fsp3) is 0.684. The number of hydrogen-bond donors (Lipinski definition) is 3. The van der Waals surface area contributed by atoms with Gasteiger partial charge < -0.3 is 21.3 Å². The van der Waals surface area contributed by atoms with Crippen LogP contribution in [-0.2, 0) is 11.2 Å². The number of likely N-dealkylation sites (tertiary alicyclic amines) is 1. The number of piperidine rings is 1. The minimum absolute atomic E-state index is 0. The normalized spacial score (nSPS) is 19.2. The molecule has 0 aromatic carbocycles. The molecule has 0 aliphatic carbocycles. The average molecular weight is 507 g/mol. The van der Waals surface area contributed by atoms with Crippen LogP contribution in [0.3, 0.4) is 0 Å².